The summed E-state index contributed by atoms with van der Waals surface area (Å²) in [5.41, 5.74) is 1.90. The number of anilines is 1. The van der Waals surface area contributed by atoms with Gasteiger partial charge in [-0.05, 0) is 57.9 Å². The fraction of sp³-hybridized carbons (Fsp3) is 0.700. The normalized spacial score (nSPS) is 17.7. The topological polar surface area (TPSA) is 56.1 Å². The summed E-state index contributed by atoms with van der Waals surface area (Å²) in [6.45, 7) is 5.25. The maximum Gasteiger partial charge on any atom is 0.226 e. The Balaban J connectivity index is 1.61. The summed E-state index contributed by atoms with van der Waals surface area (Å²) in [7, 11) is 0. The van der Waals surface area contributed by atoms with E-state index in [2.05, 4.69) is 30.1 Å². The van der Waals surface area contributed by atoms with Crippen molar-refractivity contribution in [1.29, 1.82) is 5.26 Å². The molecule has 0 aliphatic heterocycles. The lowest BCUT2D eigenvalue weighted by atomic mass is 9.96. The van der Waals surface area contributed by atoms with Crippen molar-refractivity contribution in [2.75, 3.05) is 11.9 Å². The summed E-state index contributed by atoms with van der Waals surface area (Å²) in [6, 6.07) is 3.43. The molecule has 0 unspecified atom stereocenters. The Morgan fingerprint density at radius 3 is 2.68 bits per heavy atom. The van der Waals surface area contributed by atoms with Crippen LogP contribution in [0.25, 0.3) is 0 Å². The van der Waals surface area contributed by atoms with Gasteiger partial charge in [0.1, 0.15) is 11.1 Å². The van der Waals surface area contributed by atoms with E-state index in [1.807, 2.05) is 0 Å². The minimum absolute atomic E-state index is 0.0405. The highest BCUT2D eigenvalue weighted by Gasteiger charge is 2.26. The molecule has 2 aliphatic carbocycles. The molecule has 1 heterocycles. The molecule has 4 nitrogen and oxygen atoms in total. The van der Waals surface area contributed by atoms with Crippen LogP contribution in [0.1, 0.15) is 74.8 Å². The van der Waals surface area contributed by atoms with Gasteiger partial charge in [-0.3, -0.25) is 9.69 Å². The van der Waals surface area contributed by atoms with Gasteiger partial charge in [0, 0.05) is 29.9 Å². The largest absolute Gasteiger partial charge is 0.317 e. The van der Waals surface area contributed by atoms with E-state index in [-0.39, 0.29) is 5.91 Å². The molecular weight excluding hydrogens is 330 g/mol. The van der Waals surface area contributed by atoms with Crippen LogP contribution >= 0.6 is 11.3 Å². The van der Waals surface area contributed by atoms with Gasteiger partial charge in [-0.15, -0.1) is 11.3 Å². The minimum Gasteiger partial charge on any atom is -0.317 e. The summed E-state index contributed by atoms with van der Waals surface area (Å²) in [4.78, 5) is 16.3. The van der Waals surface area contributed by atoms with E-state index < -0.39 is 0 Å². The summed E-state index contributed by atoms with van der Waals surface area (Å²) < 4.78 is 0. The van der Waals surface area contributed by atoms with Gasteiger partial charge in [0.05, 0.1) is 5.56 Å². The molecule has 1 N–H and O–H groups in total. The van der Waals surface area contributed by atoms with Gasteiger partial charge >= 0.3 is 0 Å². The van der Waals surface area contributed by atoms with Gasteiger partial charge in [0.15, 0.2) is 0 Å². The standard InChI is InChI=1S/C20H29N3OS/c1-14(2)23(15-7-3-4-8-15)12-11-19(24)22-20-17(13-21)16-9-5-6-10-18(16)25-20/h14-15H,3-12H2,1-2H3,(H,22,24). The van der Waals surface area contributed by atoms with Gasteiger partial charge < -0.3 is 5.32 Å². The van der Waals surface area contributed by atoms with E-state index in [9.17, 15) is 10.1 Å². The third-order valence-electron chi connectivity index (χ3n) is 5.59. The zero-order chi connectivity index (χ0) is 17.8. The first-order chi connectivity index (χ1) is 12.1. The molecule has 0 spiro atoms. The molecule has 0 bridgehead atoms. The number of nitrogens with one attached hydrogen (secondary N) is 1. The zero-order valence-electron chi connectivity index (χ0n) is 15.4. The molecule has 2 aliphatic rings. The Kier molecular flexibility index (Phi) is 6.14. The number of thiophene rings is 1. The third kappa shape index (κ3) is 4.24. The lowest BCUT2D eigenvalue weighted by Crippen LogP contribution is -2.40. The molecule has 1 aromatic rings. The molecular formula is C20H29N3OS. The number of carbonyl (C=O) groups excluding carboxylic acids is 1. The first-order valence-electron chi connectivity index (χ1n) is 9.70. The average Bonchev–Trinajstić information content (AvgIpc) is 3.22. The number of carbonyl (C=O) groups is 1. The second kappa shape index (κ2) is 8.33. The fourth-order valence-electron chi connectivity index (χ4n) is 4.29. The molecule has 1 aromatic heterocycles. The lowest BCUT2D eigenvalue weighted by Gasteiger charge is -2.32. The molecule has 0 aromatic carbocycles. The number of nitriles is 1. The molecule has 1 amide bonds. The number of rotatable bonds is 6. The fourth-order valence-corrected chi connectivity index (χ4v) is 5.55. The van der Waals surface area contributed by atoms with E-state index in [0.29, 0.717) is 24.1 Å². The van der Waals surface area contributed by atoms with Crippen molar-refractivity contribution in [3.8, 4) is 6.07 Å². The monoisotopic (exact) mass is 359 g/mol. The number of fused-ring (bicyclic) bond motifs is 1. The molecule has 5 heteroatoms. The first kappa shape index (κ1) is 18.4. The average molecular weight is 360 g/mol. The molecule has 1 saturated carbocycles. The molecule has 136 valence electrons. The summed E-state index contributed by atoms with van der Waals surface area (Å²) in [6.07, 6.45) is 10.0. The van der Waals surface area contributed by atoms with Crippen LogP contribution in [0, 0.1) is 11.3 Å². The van der Waals surface area contributed by atoms with Crippen LogP contribution in [0.2, 0.25) is 0 Å². The van der Waals surface area contributed by atoms with Crippen LogP contribution in [0.5, 0.6) is 0 Å². The van der Waals surface area contributed by atoms with E-state index in [1.165, 1.54) is 42.5 Å². The number of nitrogens with zero attached hydrogens (tertiary/aromatic N) is 2. The summed E-state index contributed by atoms with van der Waals surface area (Å²) in [5, 5.41) is 13.3. The Morgan fingerprint density at radius 2 is 2.00 bits per heavy atom. The third-order valence-corrected chi connectivity index (χ3v) is 6.80. The van der Waals surface area contributed by atoms with Crippen molar-refractivity contribution >= 4 is 22.2 Å². The lowest BCUT2D eigenvalue weighted by molar-refractivity contribution is -0.116. The second-order valence-electron chi connectivity index (χ2n) is 7.59. The Labute approximate surface area is 155 Å². The highest BCUT2D eigenvalue weighted by Crippen LogP contribution is 2.37. The number of hydrogen-bond acceptors (Lipinski definition) is 4. The SMILES string of the molecule is CC(C)N(CCC(=O)Nc1sc2c(c1C#N)CCCC2)C1CCCC1. The van der Waals surface area contributed by atoms with Crippen molar-refractivity contribution in [3.05, 3.63) is 16.0 Å². The van der Waals surface area contributed by atoms with Crippen LogP contribution in [0.4, 0.5) is 5.00 Å². The molecule has 3 rings (SSSR count). The maximum absolute atomic E-state index is 12.5. The van der Waals surface area contributed by atoms with Crippen molar-refractivity contribution in [1.82, 2.24) is 4.90 Å². The summed E-state index contributed by atoms with van der Waals surface area (Å²) in [5.74, 6) is 0.0405. The van der Waals surface area contributed by atoms with Crippen LogP contribution < -0.4 is 5.32 Å². The zero-order valence-corrected chi connectivity index (χ0v) is 16.3. The van der Waals surface area contributed by atoms with E-state index in [1.54, 1.807) is 11.3 Å². The number of aryl methyl sites for hydroxylation is 1. The van der Waals surface area contributed by atoms with Gasteiger partial charge in [-0.2, -0.15) is 5.26 Å². The van der Waals surface area contributed by atoms with Gasteiger partial charge in [0.25, 0.3) is 0 Å². The van der Waals surface area contributed by atoms with Crippen LogP contribution in [0.3, 0.4) is 0 Å². The summed E-state index contributed by atoms with van der Waals surface area (Å²) >= 11 is 1.61. The maximum atomic E-state index is 12.5. The van der Waals surface area contributed by atoms with Crippen LogP contribution in [0.15, 0.2) is 0 Å². The number of amides is 1. The highest BCUT2D eigenvalue weighted by atomic mass is 32.1. The molecule has 1 fully saturated rings. The van der Waals surface area contributed by atoms with Crippen molar-refractivity contribution in [2.45, 2.75) is 83.7 Å². The number of hydrogen-bond donors (Lipinski definition) is 1. The second-order valence-corrected chi connectivity index (χ2v) is 8.70. The van der Waals surface area contributed by atoms with E-state index in [4.69, 9.17) is 0 Å². The predicted octanol–water partition coefficient (Wildman–Crippen LogP) is 4.48. The quantitative estimate of drug-likeness (QED) is 0.815. The Hall–Kier alpha value is -1.38. The first-order valence-corrected chi connectivity index (χ1v) is 10.5. The van der Waals surface area contributed by atoms with E-state index >= 15 is 0 Å². The molecule has 25 heavy (non-hydrogen) atoms. The Morgan fingerprint density at radius 1 is 1.28 bits per heavy atom. The van der Waals surface area contributed by atoms with E-state index in [0.717, 1.165) is 30.8 Å². The minimum atomic E-state index is 0.0405. The van der Waals surface area contributed by atoms with Gasteiger partial charge in [0.2, 0.25) is 5.91 Å². The van der Waals surface area contributed by atoms with Crippen molar-refractivity contribution in [2.24, 2.45) is 0 Å². The highest BCUT2D eigenvalue weighted by molar-refractivity contribution is 7.16. The Bertz CT molecular complexity index is 653. The van der Waals surface area contributed by atoms with Crippen LogP contribution in [-0.2, 0) is 17.6 Å². The molecule has 0 saturated heterocycles. The van der Waals surface area contributed by atoms with Gasteiger partial charge in [-0.1, -0.05) is 12.8 Å². The molecule has 0 atom stereocenters. The van der Waals surface area contributed by atoms with Crippen molar-refractivity contribution < 1.29 is 4.79 Å². The predicted molar refractivity (Wildman–Crippen MR) is 103 cm³/mol. The van der Waals surface area contributed by atoms with Gasteiger partial charge in [-0.25, -0.2) is 0 Å². The van der Waals surface area contributed by atoms with Crippen LogP contribution in [-0.4, -0.2) is 29.4 Å². The molecule has 0 radical (unpaired) electrons. The smallest absolute Gasteiger partial charge is 0.226 e. The van der Waals surface area contributed by atoms with Crippen molar-refractivity contribution in [3.63, 3.8) is 0 Å².